The zero-order valence-electron chi connectivity index (χ0n) is 22.2. The first kappa shape index (κ1) is 26.5. The number of aromatic nitrogens is 2. The Hall–Kier alpha value is -4.13. The van der Waals surface area contributed by atoms with Crippen LogP contribution in [0.3, 0.4) is 0 Å². The number of nitrogens with zero attached hydrogens (tertiary/aromatic N) is 2. The second-order valence-electron chi connectivity index (χ2n) is 10.2. The molecule has 2 aromatic heterocycles. The van der Waals surface area contributed by atoms with Crippen LogP contribution in [0.1, 0.15) is 65.7 Å². The third-order valence-corrected chi connectivity index (χ3v) is 7.50. The van der Waals surface area contributed by atoms with Crippen molar-refractivity contribution >= 4 is 11.8 Å². The maximum Gasteiger partial charge on any atom is 0.327 e. The molecule has 2 aromatic carbocycles. The minimum Gasteiger partial charge on any atom is -0.493 e. The summed E-state index contributed by atoms with van der Waals surface area (Å²) >= 11 is 0. The van der Waals surface area contributed by atoms with Crippen LogP contribution >= 0.6 is 0 Å². The molecule has 0 radical (unpaired) electrons. The van der Waals surface area contributed by atoms with Gasteiger partial charge in [-0.1, -0.05) is 49.6 Å². The van der Waals surface area contributed by atoms with E-state index in [0.29, 0.717) is 30.4 Å². The first-order valence-electron chi connectivity index (χ1n) is 13.7. The van der Waals surface area contributed by atoms with Gasteiger partial charge in [-0.25, -0.2) is 9.78 Å². The minimum absolute atomic E-state index is 0.00996. The first-order chi connectivity index (χ1) is 19.0. The highest BCUT2D eigenvalue weighted by atomic mass is 16.5. The van der Waals surface area contributed by atoms with Crippen molar-refractivity contribution in [2.45, 2.75) is 57.9 Å². The summed E-state index contributed by atoms with van der Waals surface area (Å²) in [5.41, 5.74) is 3.15. The SMILES string of the molecule is Cc1oc(-c2ccccc2)nc1CCOc1ccc(CC(C(=O)O)n2cccc2C(=O)C2CCCCC2)cc1. The van der Waals surface area contributed by atoms with Gasteiger partial charge in [0.05, 0.1) is 18.0 Å². The standard InChI is InChI=1S/C32H34N2O5/c1-22-27(33-31(39-22)25-11-6-3-7-12-25)18-20-38-26-16-14-23(15-17-26)21-29(32(36)37)34-19-8-13-28(34)30(35)24-9-4-2-5-10-24/h3,6-8,11-17,19,24,29H,2,4-5,9-10,18,20-21H2,1H3,(H,36,37). The van der Waals surface area contributed by atoms with Crippen molar-refractivity contribution in [2.75, 3.05) is 6.61 Å². The molecule has 1 aliphatic carbocycles. The molecule has 1 fully saturated rings. The molecule has 5 rings (SSSR count). The van der Waals surface area contributed by atoms with E-state index in [0.717, 1.165) is 54.7 Å². The van der Waals surface area contributed by atoms with Crippen molar-refractivity contribution in [3.8, 4) is 17.2 Å². The fraction of sp³-hybridized carbons (Fsp3) is 0.344. The number of carboxylic acids is 1. The van der Waals surface area contributed by atoms with Crippen LogP contribution in [0.5, 0.6) is 5.75 Å². The molecule has 2 heterocycles. The first-order valence-corrected chi connectivity index (χ1v) is 13.7. The molecule has 7 nitrogen and oxygen atoms in total. The summed E-state index contributed by atoms with van der Waals surface area (Å²) in [4.78, 5) is 30.0. The Kier molecular flexibility index (Phi) is 8.25. The van der Waals surface area contributed by atoms with Gasteiger partial charge in [0, 0.05) is 30.5 Å². The van der Waals surface area contributed by atoms with Gasteiger partial charge in [-0.05, 0) is 61.7 Å². The van der Waals surface area contributed by atoms with E-state index in [2.05, 4.69) is 4.98 Å². The minimum atomic E-state index is -0.956. The van der Waals surface area contributed by atoms with E-state index in [1.165, 1.54) is 0 Å². The van der Waals surface area contributed by atoms with Crippen LogP contribution in [0.15, 0.2) is 77.3 Å². The van der Waals surface area contributed by atoms with Gasteiger partial charge in [0.15, 0.2) is 5.78 Å². The van der Waals surface area contributed by atoms with Gasteiger partial charge < -0.3 is 18.8 Å². The van der Waals surface area contributed by atoms with Gasteiger partial charge in [0.1, 0.15) is 17.6 Å². The molecule has 0 saturated heterocycles. The summed E-state index contributed by atoms with van der Waals surface area (Å²) in [6, 6.07) is 19.9. The number of rotatable bonds is 11. The van der Waals surface area contributed by atoms with Crippen molar-refractivity contribution in [1.29, 1.82) is 0 Å². The quantitative estimate of drug-likeness (QED) is 0.218. The van der Waals surface area contributed by atoms with Gasteiger partial charge in [0.25, 0.3) is 0 Å². The van der Waals surface area contributed by atoms with Gasteiger partial charge in [0.2, 0.25) is 5.89 Å². The molecule has 0 bridgehead atoms. The van der Waals surface area contributed by atoms with E-state index in [9.17, 15) is 14.7 Å². The van der Waals surface area contributed by atoms with Crippen LogP contribution in [-0.4, -0.2) is 33.0 Å². The molecule has 1 saturated carbocycles. The second-order valence-corrected chi connectivity index (χ2v) is 10.2. The van der Waals surface area contributed by atoms with Crippen LogP contribution in [0.25, 0.3) is 11.5 Å². The smallest absolute Gasteiger partial charge is 0.327 e. The highest BCUT2D eigenvalue weighted by Crippen LogP contribution is 2.29. The monoisotopic (exact) mass is 526 g/mol. The summed E-state index contributed by atoms with van der Waals surface area (Å²) in [6.07, 6.45) is 7.63. The number of Topliss-reactive ketones (excluding diaryl/α,β-unsaturated/α-hetero) is 1. The highest BCUT2D eigenvalue weighted by molar-refractivity contribution is 5.97. The lowest BCUT2D eigenvalue weighted by atomic mass is 9.85. The third kappa shape index (κ3) is 6.30. The fourth-order valence-electron chi connectivity index (χ4n) is 5.33. The van der Waals surface area contributed by atoms with E-state index in [1.54, 1.807) is 22.9 Å². The van der Waals surface area contributed by atoms with Crippen LogP contribution in [0.4, 0.5) is 0 Å². The molecule has 4 aromatic rings. The van der Waals surface area contributed by atoms with E-state index in [1.807, 2.05) is 61.5 Å². The number of aliphatic carboxylic acids is 1. The molecule has 1 N–H and O–H groups in total. The third-order valence-electron chi connectivity index (χ3n) is 7.50. The van der Waals surface area contributed by atoms with Crippen LogP contribution in [-0.2, 0) is 17.6 Å². The molecular formula is C32H34N2O5. The van der Waals surface area contributed by atoms with Gasteiger partial charge >= 0.3 is 5.97 Å². The Morgan fingerprint density at radius 2 is 1.77 bits per heavy atom. The number of aryl methyl sites for hydroxylation is 1. The molecular weight excluding hydrogens is 492 g/mol. The molecule has 7 heteroatoms. The molecule has 39 heavy (non-hydrogen) atoms. The van der Waals surface area contributed by atoms with Crippen molar-refractivity contribution in [3.05, 3.63) is 95.6 Å². The summed E-state index contributed by atoms with van der Waals surface area (Å²) < 4.78 is 13.4. The van der Waals surface area contributed by atoms with Crippen LogP contribution in [0, 0.1) is 12.8 Å². The summed E-state index contributed by atoms with van der Waals surface area (Å²) in [6.45, 7) is 2.34. The zero-order chi connectivity index (χ0) is 27.2. The highest BCUT2D eigenvalue weighted by Gasteiger charge is 2.28. The molecule has 1 aliphatic rings. The van der Waals surface area contributed by atoms with Gasteiger partial charge in [-0.15, -0.1) is 0 Å². The zero-order valence-corrected chi connectivity index (χ0v) is 22.2. The fourth-order valence-corrected chi connectivity index (χ4v) is 5.33. The van der Waals surface area contributed by atoms with Crippen molar-refractivity contribution < 1.29 is 23.8 Å². The maximum absolute atomic E-state index is 13.2. The van der Waals surface area contributed by atoms with E-state index < -0.39 is 12.0 Å². The van der Waals surface area contributed by atoms with Gasteiger partial charge in [-0.3, -0.25) is 4.79 Å². The van der Waals surface area contributed by atoms with Crippen molar-refractivity contribution in [2.24, 2.45) is 5.92 Å². The molecule has 0 spiro atoms. The summed E-state index contributed by atoms with van der Waals surface area (Å²) in [5.74, 6) is 1.18. The lowest BCUT2D eigenvalue weighted by Crippen LogP contribution is -2.27. The normalized spacial score (nSPS) is 14.7. The number of ketones is 1. The summed E-state index contributed by atoms with van der Waals surface area (Å²) in [5, 5.41) is 10.0. The molecule has 0 aliphatic heterocycles. The molecule has 1 unspecified atom stereocenters. The van der Waals surface area contributed by atoms with Crippen LogP contribution < -0.4 is 4.74 Å². The van der Waals surface area contributed by atoms with E-state index in [4.69, 9.17) is 9.15 Å². The topological polar surface area (TPSA) is 94.6 Å². The number of ether oxygens (including phenoxy) is 1. The van der Waals surface area contributed by atoms with Crippen molar-refractivity contribution in [3.63, 3.8) is 0 Å². The molecule has 1 atom stereocenters. The second kappa shape index (κ2) is 12.2. The number of benzene rings is 2. The summed E-state index contributed by atoms with van der Waals surface area (Å²) in [7, 11) is 0. The Balaban J connectivity index is 1.19. The Bertz CT molecular complexity index is 1400. The largest absolute Gasteiger partial charge is 0.493 e. The predicted molar refractivity (Wildman–Crippen MR) is 148 cm³/mol. The molecule has 202 valence electrons. The number of carboxylic acid groups (broad SMARTS) is 1. The van der Waals surface area contributed by atoms with E-state index >= 15 is 0 Å². The Morgan fingerprint density at radius 3 is 2.49 bits per heavy atom. The Labute approximate surface area is 228 Å². The van der Waals surface area contributed by atoms with Crippen molar-refractivity contribution in [1.82, 2.24) is 9.55 Å². The lowest BCUT2D eigenvalue weighted by Gasteiger charge is -2.23. The number of hydrogen-bond donors (Lipinski definition) is 1. The van der Waals surface area contributed by atoms with Crippen LogP contribution in [0.2, 0.25) is 0 Å². The number of carbonyl (C=O) groups is 2. The average Bonchev–Trinajstić information content (AvgIpc) is 3.60. The van der Waals surface area contributed by atoms with Gasteiger partial charge in [-0.2, -0.15) is 0 Å². The average molecular weight is 527 g/mol. The lowest BCUT2D eigenvalue weighted by molar-refractivity contribution is -0.140. The molecule has 0 amide bonds. The Morgan fingerprint density at radius 1 is 1.03 bits per heavy atom. The maximum atomic E-state index is 13.2. The number of oxazole rings is 1. The number of carbonyl (C=O) groups excluding carboxylic acids is 1. The number of hydrogen-bond acceptors (Lipinski definition) is 5. The predicted octanol–water partition coefficient (Wildman–Crippen LogP) is 6.70. The van der Waals surface area contributed by atoms with E-state index in [-0.39, 0.29) is 18.1 Å².